The van der Waals surface area contributed by atoms with Gasteiger partial charge in [-0.25, -0.2) is 0 Å². The molecule has 7 saturated heterocycles. The van der Waals surface area contributed by atoms with E-state index in [-0.39, 0.29) is 59.9 Å². The minimum Gasteiger partial charge on any atom is -0.466 e. The first kappa shape index (κ1) is 28.4. The summed E-state index contributed by atoms with van der Waals surface area (Å²) in [7, 11) is 0. The highest BCUT2D eigenvalue weighted by Gasteiger charge is 2.61. The fourth-order valence-corrected chi connectivity index (χ4v) is 7.76. The number of cyclic esters (lactones) is 2. The lowest BCUT2D eigenvalue weighted by Gasteiger charge is -2.44. The Labute approximate surface area is 231 Å². The molecule has 9 nitrogen and oxygen atoms in total. The summed E-state index contributed by atoms with van der Waals surface area (Å²) < 4.78 is 25.6. The van der Waals surface area contributed by atoms with Gasteiger partial charge in [-0.3, -0.25) is 19.2 Å². The first-order valence-electron chi connectivity index (χ1n) is 14.9. The molecule has 9 aliphatic rings. The van der Waals surface area contributed by atoms with E-state index in [1.165, 1.54) is 6.42 Å². The van der Waals surface area contributed by atoms with Crippen LogP contribution in [0.5, 0.6) is 0 Å². The summed E-state index contributed by atoms with van der Waals surface area (Å²) in [5.74, 6) is 2.16. The third kappa shape index (κ3) is 6.28. The van der Waals surface area contributed by atoms with E-state index in [1.807, 2.05) is 6.92 Å². The van der Waals surface area contributed by atoms with E-state index in [1.54, 1.807) is 0 Å². The van der Waals surface area contributed by atoms with Crippen LogP contribution in [0, 0.1) is 40.9 Å². The van der Waals surface area contributed by atoms with E-state index in [0.29, 0.717) is 43.0 Å². The third-order valence-corrected chi connectivity index (χ3v) is 9.86. The van der Waals surface area contributed by atoms with Gasteiger partial charge in [0.2, 0.25) is 0 Å². The first-order valence-corrected chi connectivity index (χ1v) is 14.9. The molecule has 0 radical (unpaired) electrons. The molecule has 2 aliphatic carbocycles. The van der Waals surface area contributed by atoms with Crippen molar-refractivity contribution in [1.29, 1.82) is 0 Å². The summed E-state index contributed by atoms with van der Waals surface area (Å²) in [4.78, 5) is 43.5. The Morgan fingerprint density at radius 2 is 1.54 bits per heavy atom. The smallest absolute Gasteiger partial charge is 0.312 e. The zero-order chi connectivity index (χ0) is 27.9. The number of rotatable bonds is 0. The highest BCUT2D eigenvalue weighted by atomic mass is 16.6. The summed E-state index contributed by atoms with van der Waals surface area (Å²) in [5, 5.41) is 0. The van der Waals surface area contributed by atoms with Crippen molar-refractivity contribution in [3.63, 3.8) is 0 Å². The molecule has 9 fully saturated rings. The third-order valence-electron chi connectivity index (χ3n) is 9.86. The molecule has 7 heterocycles. The van der Waals surface area contributed by atoms with Crippen molar-refractivity contribution in [2.45, 2.75) is 110 Å². The lowest BCUT2D eigenvalue weighted by Crippen LogP contribution is -2.37. The van der Waals surface area contributed by atoms with Crippen molar-refractivity contribution in [3.05, 3.63) is 0 Å². The van der Waals surface area contributed by atoms with Crippen molar-refractivity contribution in [1.82, 2.24) is 0 Å². The van der Waals surface area contributed by atoms with E-state index in [0.717, 1.165) is 50.9 Å². The van der Waals surface area contributed by atoms with Gasteiger partial charge in [0.1, 0.15) is 18.3 Å². The predicted molar refractivity (Wildman–Crippen MR) is 138 cm³/mol. The van der Waals surface area contributed by atoms with Crippen LogP contribution in [-0.2, 0) is 42.9 Å². The number of fused-ring (bicyclic) bond motifs is 2. The first-order chi connectivity index (χ1) is 18.5. The highest BCUT2D eigenvalue weighted by molar-refractivity contribution is 5.77. The normalized spacial score (nSPS) is 45.8. The van der Waals surface area contributed by atoms with Crippen molar-refractivity contribution in [3.8, 4) is 0 Å². The van der Waals surface area contributed by atoms with Crippen LogP contribution in [-0.4, -0.2) is 61.5 Å². The number of ether oxygens (including phenoxy) is 5. The van der Waals surface area contributed by atoms with Crippen LogP contribution >= 0.6 is 0 Å². The van der Waals surface area contributed by atoms with Gasteiger partial charge >= 0.3 is 23.9 Å². The average molecular weight is 549 g/mol. The quantitative estimate of drug-likeness (QED) is 0.327. The van der Waals surface area contributed by atoms with Gasteiger partial charge < -0.3 is 23.7 Å². The molecule has 11 unspecified atom stereocenters. The van der Waals surface area contributed by atoms with Crippen LogP contribution in [0.2, 0.25) is 0 Å². The fourth-order valence-electron chi connectivity index (χ4n) is 7.76. The molecular weight excluding hydrogens is 504 g/mol. The van der Waals surface area contributed by atoms with Crippen molar-refractivity contribution in [2.24, 2.45) is 40.9 Å². The second-order valence-electron chi connectivity index (χ2n) is 13.4. The van der Waals surface area contributed by atoms with Crippen LogP contribution in [0.25, 0.3) is 0 Å². The van der Waals surface area contributed by atoms with Gasteiger partial charge in [0.15, 0.2) is 0 Å². The van der Waals surface area contributed by atoms with Gasteiger partial charge in [-0.1, -0.05) is 27.7 Å². The van der Waals surface area contributed by atoms with Crippen LogP contribution in [0.15, 0.2) is 0 Å². The Balaban J connectivity index is 0.000000109. The molecule has 6 bridgehead atoms. The molecule has 39 heavy (non-hydrogen) atoms. The Kier molecular flexibility index (Phi) is 8.28. The number of carbonyl (C=O) groups is 4. The van der Waals surface area contributed by atoms with Crippen LogP contribution in [0.1, 0.15) is 85.5 Å². The molecule has 0 spiro atoms. The molecule has 7 aliphatic heterocycles. The molecule has 9 rings (SSSR count). The van der Waals surface area contributed by atoms with Gasteiger partial charge in [0, 0.05) is 12.3 Å². The molecule has 0 aromatic heterocycles. The summed E-state index contributed by atoms with van der Waals surface area (Å²) in [6.07, 6.45) is 9.93. The Morgan fingerprint density at radius 3 is 2.08 bits per heavy atom. The molecule has 0 amide bonds. The zero-order valence-electron chi connectivity index (χ0n) is 23.7. The van der Waals surface area contributed by atoms with E-state index in [9.17, 15) is 19.2 Å². The van der Waals surface area contributed by atoms with Gasteiger partial charge in [0.25, 0.3) is 0 Å². The minimum atomic E-state index is -0.0417. The molecule has 218 valence electrons. The molecule has 11 atom stereocenters. The second kappa shape index (κ2) is 11.4. The SMILES string of the molecule is CC12CC3CC(C1)OC(=O)C(C3)C2.CC1C2CC3C(=O)OC1C3O2.CC1CCOC(=O)C1.CC1CCOC1=O. The summed E-state index contributed by atoms with van der Waals surface area (Å²) in [6.45, 7) is 9.64. The predicted octanol–water partition coefficient (Wildman–Crippen LogP) is 3.99. The molecule has 0 aromatic rings. The van der Waals surface area contributed by atoms with Crippen molar-refractivity contribution in [2.75, 3.05) is 13.2 Å². The minimum absolute atomic E-state index is 0.0353. The zero-order valence-corrected chi connectivity index (χ0v) is 23.7. The van der Waals surface area contributed by atoms with Crippen LogP contribution < -0.4 is 0 Å². The number of esters is 4. The maximum atomic E-state index is 11.6. The summed E-state index contributed by atoms with van der Waals surface area (Å²) in [6, 6.07) is 0. The Bertz CT molecular complexity index is 964. The average Bonchev–Trinajstić information content (AvgIpc) is 3.56. The van der Waals surface area contributed by atoms with Gasteiger partial charge in [-0.05, 0) is 68.6 Å². The molecule has 0 aromatic carbocycles. The van der Waals surface area contributed by atoms with E-state index in [4.69, 9.17) is 18.9 Å². The summed E-state index contributed by atoms with van der Waals surface area (Å²) in [5.41, 5.74) is 0.419. The maximum absolute atomic E-state index is 11.6. The second-order valence-corrected chi connectivity index (χ2v) is 13.4. The lowest BCUT2D eigenvalue weighted by atomic mass is 9.60. The van der Waals surface area contributed by atoms with E-state index in [2.05, 4.69) is 25.5 Å². The molecule has 2 saturated carbocycles. The standard InChI is InChI=1S/C11H16O2.C8H10O3.C6H10O2.C5H8O2/c1-11-4-7-2-8(5-11)10(12)13-9(3-7)6-11;1-3-5-2-4-7(10-5)6(3)11-8(4)9;1-5-2-3-8-6(7)4-5;1-4-2-3-7-5(4)6/h7-9H,2-6H2,1H3;3-7H,2H2,1H3;5H,2-4H2,1H3;4H,2-3H2,1H3. The molecular formula is C30H44O9. The van der Waals surface area contributed by atoms with Gasteiger partial charge in [-0.2, -0.15) is 0 Å². The Morgan fingerprint density at radius 1 is 0.769 bits per heavy atom. The van der Waals surface area contributed by atoms with Crippen LogP contribution in [0.3, 0.4) is 0 Å². The van der Waals surface area contributed by atoms with Crippen molar-refractivity contribution < 1.29 is 42.9 Å². The maximum Gasteiger partial charge on any atom is 0.312 e. The number of hydrogen-bond donors (Lipinski definition) is 0. The Hall–Kier alpha value is -2.16. The fraction of sp³-hybridized carbons (Fsp3) is 0.867. The van der Waals surface area contributed by atoms with Crippen LogP contribution in [0.4, 0.5) is 0 Å². The van der Waals surface area contributed by atoms with Gasteiger partial charge in [0.05, 0.1) is 37.1 Å². The molecule has 0 N–H and O–H groups in total. The van der Waals surface area contributed by atoms with Crippen molar-refractivity contribution >= 4 is 23.9 Å². The van der Waals surface area contributed by atoms with E-state index < -0.39 is 0 Å². The van der Waals surface area contributed by atoms with E-state index >= 15 is 0 Å². The number of carbonyl (C=O) groups excluding carboxylic acids is 4. The lowest BCUT2D eigenvalue weighted by molar-refractivity contribution is -0.151. The largest absolute Gasteiger partial charge is 0.466 e. The summed E-state index contributed by atoms with van der Waals surface area (Å²) >= 11 is 0. The van der Waals surface area contributed by atoms with Gasteiger partial charge in [-0.15, -0.1) is 0 Å². The molecule has 9 heteroatoms. The topological polar surface area (TPSA) is 114 Å². The number of hydrogen-bond acceptors (Lipinski definition) is 9. The monoisotopic (exact) mass is 548 g/mol. The highest BCUT2D eigenvalue weighted by Crippen LogP contribution is 2.54.